The lowest BCUT2D eigenvalue weighted by atomic mass is 10.0. The Bertz CT molecular complexity index is 845. The lowest BCUT2D eigenvalue weighted by Crippen LogP contribution is -2.04. The fraction of sp³-hybridized carbons (Fsp3) is 0.348. The molecule has 0 atom stereocenters. The first-order chi connectivity index (χ1) is 13.3. The van der Waals surface area contributed by atoms with E-state index in [0.717, 1.165) is 52.9 Å². The second kappa shape index (κ2) is 10.3. The highest BCUT2D eigenvalue weighted by Crippen LogP contribution is 2.34. The third-order valence-corrected chi connectivity index (χ3v) is 4.96. The molecule has 0 radical (unpaired) electrons. The Kier molecular flexibility index (Phi) is 8.06. The monoisotopic (exact) mass is 404 g/mol. The average molecular weight is 405 g/mol. The molecule has 0 saturated heterocycles. The van der Waals surface area contributed by atoms with Gasteiger partial charge in [-0.05, 0) is 79.5 Å². The molecule has 0 unspecified atom stereocenters. The number of rotatable bonds is 9. The van der Waals surface area contributed by atoms with Crippen molar-refractivity contribution in [3.05, 3.63) is 75.6 Å². The number of ether oxygens (including phenoxy) is 1. The highest BCUT2D eigenvalue weighted by molar-refractivity contribution is 6.29. The Hall–Kier alpha value is -2.33. The predicted octanol–water partition coefficient (Wildman–Crippen LogP) is 6.42. The summed E-state index contributed by atoms with van der Waals surface area (Å²) in [7, 11) is 0. The summed E-state index contributed by atoms with van der Waals surface area (Å²) in [6, 6.07) is 5.74. The van der Waals surface area contributed by atoms with Crippen LogP contribution in [-0.2, 0) is 11.2 Å². The number of aliphatic carboxylic acids is 1. The van der Waals surface area contributed by atoms with E-state index in [1.807, 2.05) is 25.1 Å². The van der Waals surface area contributed by atoms with Gasteiger partial charge in [0.15, 0.2) is 0 Å². The summed E-state index contributed by atoms with van der Waals surface area (Å²) in [5.41, 5.74) is 4.89. The van der Waals surface area contributed by atoms with Crippen LogP contribution in [-0.4, -0.2) is 17.7 Å². The largest absolute Gasteiger partial charge is 0.489 e. The van der Waals surface area contributed by atoms with Crippen LogP contribution < -0.4 is 4.74 Å². The SMILES string of the molecule is C=C/C(=C\C(F)=C(/C)Cl)C1=C(COc2ccc(CCC(=O)O)cc2C)CCC1. The highest BCUT2D eigenvalue weighted by atomic mass is 35.5. The smallest absolute Gasteiger partial charge is 0.303 e. The molecule has 28 heavy (non-hydrogen) atoms. The number of carboxylic acids is 1. The molecule has 0 spiro atoms. The molecule has 0 aliphatic heterocycles. The van der Waals surface area contributed by atoms with Crippen molar-refractivity contribution in [2.75, 3.05) is 6.61 Å². The van der Waals surface area contributed by atoms with E-state index in [1.54, 1.807) is 6.08 Å². The molecule has 3 nitrogen and oxygen atoms in total. The Morgan fingerprint density at radius 2 is 2.14 bits per heavy atom. The molecule has 1 aromatic carbocycles. The van der Waals surface area contributed by atoms with Gasteiger partial charge in [0.1, 0.15) is 18.2 Å². The average Bonchev–Trinajstić information content (AvgIpc) is 3.11. The molecule has 0 fully saturated rings. The molecular weight excluding hydrogens is 379 g/mol. The van der Waals surface area contributed by atoms with E-state index in [2.05, 4.69) is 6.58 Å². The van der Waals surface area contributed by atoms with Gasteiger partial charge in [0.05, 0.1) is 5.03 Å². The zero-order valence-electron chi connectivity index (χ0n) is 16.4. The molecule has 0 heterocycles. The molecule has 0 bridgehead atoms. The maximum Gasteiger partial charge on any atom is 0.303 e. The number of hydrogen-bond acceptors (Lipinski definition) is 2. The molecule has 1 N–H and O–H groups in total. The number of hydrogen-bond donors (Lipinski definition) is 1. The van der Waals surface area contributed by atoms with Crippen LogP contribution >= 0.6 is 11.6 Å². The summed E-state index contributed by atoms with van der Waals surface area (Å²) in [5, 5.41) is 8.92. The molecule has 1 aromatic rings. The van der Waals surface area contributed by atoms with E-state index < -0.39 is 11.8 Å². The van der Waals surface area contributed by atoms with Crippen molar-refractivity contribution in [2.45, 2.75) is 46.0 Å². The summed E-state index contributed by atoms with van der Waals surface area (Å²) in [5.74, 6) is -0.492. The molecular formula is C23H26ClFO3. The van der Waals surface area contributed by atoms with Crippen LogP contribution in [0.1, 0.15) is 43.7 Å². The zero-order chi connectivity index (χ0) is 20.7. The van der Waals surface area contributed by atoms with Crippen molar-refractivity contribution < 1.29 is 19.0 Å². The summed E-state index contributed by atoms with van der Waals surface area (Å²) >= 11 is 5.74. The van der Waals surface area contributed by atoms with E-state index in [0.29, 0.717) is 13.0 Å². The fourth-order valence-corrected chi connectivity index (χ4v) is 3.32. The minimum Gasteiger partial charge on any atom is -0.489 e. The molecule has 2 rings (SSSR count). The predicted molar refractivity (Wildman–Crippen MR) is 111 cm³/mol. The second-order valence-corrected chi connectivity index (χ2v) is 7.47. The first kappa shape index (κ1) is 22.0. The number of halogens is 2. The second-order valence-electron chi connectivity index (χ2n) is 6.90. The van der Waals surface area contributed by atoms with Crippen molar-refractivity contribution in [1.82, 2.24) is 0 Å². The molecule has 150 valence electrons. The number of benzene rings is 1. The van der Waals surface area contributed by atoms with Crippen LogP contribution in [0, 0.1) is 6.92 Å². The van der Waals surface area contributed by atoms with Crippen LogP contribution in [0.5, 0.6) is 5.75 Å². The molecule has 0 amide bonds. The number of aryl methyl sites for hydroxylation is 2. The highest BCUT2D eigenvalue weighted by Gasteiger charge is 2.18. The Morgan fingerprint density at radius 3 is 2.75 bits per heavy atom. The van der Waals surface area contributed by atoms with E-state index >= 15 is 0 Å². The summed E-state index contributed by atoms with van der Waals surface area (Å²) in [4.78, 5) is 10.7. The van der Waals surface area contributed by atoms with Crippen molar-refractivity contribution in [3.63, 3.8) is 0 Å². The maximum atomic E-state index is 13.9. The Morgan fingerprint density at radius 1 is 1.39 bits per heavy atom. The van der Waals surface area contributed by atoms with Crippen LogP contribution in [0.25, 0.3) is 0 Å². The number of carbonyl (C=O) groups is 1. The number of carboxylic acid groups (broad SMARTS) is 1. The van der Waals surface area contributed by atoms with Crippen LogP contribution in [0.3, 0.4) is 0 Å². The first-order valence-corrected chi connectivity index (χ1v) is 9.71. The fourth-order valence-electron chi connectivity index (χ4n) is 3.26. The topological polar surface area (TPSA) is 46.5 Å². The summed E-state index contributed by atoms with van der Waals surface area (Å²) < 4.78 is 19.9. The third kappa shape index (κ3) is 6.10. The lowest BCUT2D eigenvalue weighted by molar-refractivity contribution is -0.136. The van der Waals surface area contributed by atoms with Gasteiger partial charge in [0.25, 0.3) is 0 Å². The standard InChI is InChI=1S/C23H26ClFO3/c1-4-18(13-21(25)16(3)24)20-7-5-6-19(20)14-28-22-10-8-17(12-15(22)2)9-11-23(26)27/h4,8,10,12-13H,1,5-7,9,11,14H2,2-3H3,(H,26,27)/b18-13+,21-16-. The van der Waals surface area contributed by atoms with Gasteiger partial charge in [-0.25, -0.2) is 4.39 Å². The van der Waals surface area contributed by atoms with Gasteiger partial charge in [0.2, 0.25) is 0 Å². The van der Waals surface area contributed by atoms with E-state index in [1.165, 1.54) is 13.0 Å². The Balaban J connectivity index is 2.14. The summed E-state index contributed by atoms with van der Waals surface area (Å²) in [6.45, 7) is 7.70. The summed E-state index contributed by atoms with van der Waals surface area (Å²) in [6.07, 6.45) is 6.45. The van der Waals surface area contributed by atoms with Gasteiger partial charge in [-0.1, -0.05) is 36.4 Å². The molecule has 1 aliphatic carbocycles. The van der Waals surface area contributed by atoms with Crippen LogP contribution in [0.2, 0.25) is 0 Å². The lowest BCUT2D eigenvalue weighted by Gasteiger charge is -2.13. The molecule has 0 aromatic heterocycles. The van der Waals surface area contributed by atoms with Crippen LogP contribution in [0.15, 0.2) is 64.5 Å². The van der Waals surface area contributed by atoms with Crippen LogP contribution in [0.4, 0.5) is 4.39 Å². The van der Waals surface area contributed by atoms with Gasteiger partial charge < -0.3 is 9.84 Å². The van der Waals surface area contributed by atoms with E-state index in [4.69, 9.17) is 21.4 Å². The minimum absolute atomic E-state index is 0.110. The van der Waals surface area contributed by atoms with Gasteiger partial charge in [-0.15, -0.1) is 0 Å². The normalized spacial score (nSPS) is 15.5. The molecule has 0 saturated carbocycles. The van der Waals surface area contributed by atoms with Gasteiger partial charge in [-0.3, -0.25) is 4.79 Å². The van der Waals surface area contributed by atoms with E-state index in [-0.39, 0.29) is 11.5 Å². The molecule has 5 heteroatoms. The van der Waals surface area contributed by atoms with Crippen molar-refractivity contribution in [3.8, 4) is 5.75 Å². The third-order valence-electron chi connectivity index (χ3n) is 4.78. The van der Waals surface area contributed by atoms with Gasteiger partial charge in [-0.2, -0.15) is 0 Å². The van der Waals surface area contributed by atoms with Crippen molar-refractivity contribution in [1.29, 1.82) is 0 Å². The quantitative estimate of drug-likeness (QED) is 0.483. The Labute approximate surface area is 170 Å². The number of allylic oxidation sites excluding steroid dienone is 6. The van der Waals surface area contributed by atoms with Crippen molar-refractivity contribution >= 4 is 17.6 Å². The molecule has 1 aliphatic rings. The van der Waals surface area contributed by atoms with Gasteiger partial charge in [0, 0.05) is 6.42 Å². The van der Waals surface area contributed by atoms with Crippen molar-refractivity contribution in [2.24, 2.45) is 0 Å². The van der Waals surface area contributed by atoms with Gasteiger partial charge >= 0.3 is 5.97 Å². The van der Waals surface area contributed by atoms with E-state index in [9.17, 15) is 9.18 Å². The maximum absolute atomic E-state index is 13.9. The zero-order valence-corrected chi connectivity index (χ0v) is 17.1. The first-order valence-electron chi connectivity index (χ1n) is 9.33. The minimum atomic E-state index is -0.805.